The van der Waals surface area contributed by atoms with E-state index in [0.717, 1.165) is 0 Å². The Bertz CT molecular complexity index is 481. The van der Waals surface area contributed by atoms with Gasteiger partial charge in [-0.2, -0.15) is 10.4 Å². The van der Waals surface area contributed by atoms with Gasteiger partial charge in [-0.3, -0.25) is 4.68 Å². The zero-order chi connectivity index (χ0) is 9.26. The fourth-order valence-corrected chi connectivity index (χ4v) is 1.26. The number of nitriles is 1. The van der Waals surface area contributed by atoms with Crippen LogP contribution in [0.5, 0.6) is 0 Å². The Hall–Kier alpha value is -1.89. The van der Waals surface area contributed by atoms with Crippen LogP contribution in [0.3, 0.4) is 0 Å². The Morgan fingerprint density at radius 1 is 1.54 bits per heavy atom. The van der Waals surface area contributed by atoms with Crippen LogP contribution in [0.15, 0.2) is 24.4 Å². The molecule has 4 heteroatoms. The minimum atomic E-state index is -0.304. The maximum absolute atomic E-state index is 13.1. The van der Waals surface area contributed by atoms with E-state index in [1.54, 1.807) is 12.1 Å². The molecule has 0 fully saturated rings. The molecule has 0 N–H and O–H groups in total. The van der Waals surface area contributed by atoms with Gasteiger partial charge < -0.3 is 0 Å². The van der Waals surface area contributed by atoms with Crippen molar-refractivity contribution in [3.05, 3.63) is 30.2 Å². The number of aromatic nitrogens is 2. The van der Waals surface area contributed by atoms with Gasteiger partial charge in [-0.05, 0) is 12.1 Å². The molecule has 0 aliphatic carbocycles. The van der Waals surface area contributed by atoms with Gasteiger partial charge in [-0.1, -0.05) is 6.07 Å². The molecule has 0 radical (unpaired) electrons. The quantitative estimate of drug-likeness (QED) is 0.661. The lowest BCUT2D eigenvalue weighted by Crippen LogP contribution is -1.96. The summed E-state index contributed by atoms with van der Waals surface area (Å²) in [6.45, 7) is 0.146. The molecule has 0 aliphatic heterocycles. The molecule has 0 saturated carbocycles. The van der Waals surface area contributed by atoms with Crippen LogP contribution in [-0.2, 0) is 6.54 Å². The Balaban J connectivity index is 2.70. The maximum Gasteiger partial charge on any atom is 0.134 e. The van der Waals surface area contributed by atoms with E-state index in [4.69, 9.17) is 5.26 Å². The van der Waals surface area contributed by atoms with Gasteiger partial charge in [0.25, 0.3) is 0 Å². The van der Waals surface area contributed by atoms with Gasteiger partial charge in [0.15, 0.2) is 0 Å². The van der Waals surface area contributed by atoms with Crippen LogP contribution in [0.1, 0.15) is 0 Å². The molecule has 2 rings (SSSR count). The normalized spacial score (nSPS) is 10.2. The standard InChI is InChI=1S/C9H6FN3/c10-8-2-1-3-9-7(8)6-12-13(9)5-4-11/h1-3,6H,5H2. The number of fused-ring (bicyclic) bond motifs is 1. The van der Waals surface area contributed by atoms with E-state index >= 15 is 0 Å². The van der Waals surface area contributed by atoms with E-state index in [-0.39, 0.29) is 12.4 Å². The van der Waals surface area contributed by atoms with Gasteiger partial charge in [0.2, 0.25) is 0 Å². The molecule has 0 unspecified atom stereocenters. The molecule has 3 nitrogen and oxygen atoms in total. The first-order chi connectivity index (χ1) is 6.33. The Labute approximate surface area is 74.0 Å². The molecule has 1 heterocycles. The minimum absolute atomic E-state index is 0.146. The number of nitrogens with zero attached hydrogens (tertiary/aromatic N) is 3. The largest absolute Gasteiger partial charge is 0.251 e. The number of hydrogen-bond donors (Lipinski definition) is 0. The van der Waals surface area contributed by atoms with Crippen molar-refractivity contribution in [2.24, 2.45) is 0 Å². The Morgan fingerprint density at radius 2 is 2.38 bits per heavy atom. The van der Waals surface area contributed by atoms with E-state index in [1.165, 1.54) is 16.9 Å². The van der Waals surface area contributed by atoms with Gasteiger partial charge in [-0.25, -0.2) is 4.39 Å². The molecule has 1 aromatic carbocycles. The van der Waals surface area contributed by atoms with E-state index in [2.05, 4.69) is 5.10 Å². The molecule has 0 spiro atoms. The van der Waals surface area contributed by atoms with Crippen LogP contribution in [0, 0.1) is 17.1 Å². The molecule has 2 aromatic rings. The molecular formula is C9H6FN3. The zero-order valence-corrected chi connectivity index (χ0v) is 6.74. The van der Waals surface area contributed by atoms with E-state index in [0.29, 0.717) is 10.9 Å². The van der Waals surface area contributed by atoms with Crippen molar-refractivity contribution in [3.63, 3.8) is 0 Å². The van der Waals surface area contributed by atoms with Gasteiger partial charge in [-0.15, -0.1) is 0 Å². The van der Waals surface area contributed by atoms with Crippen molar-refractivity contribution in [2.75, 3.05) is 0 Å². The third-order valence-electron chi connectivity index (χ3n) is 1.85. The van der Waals surface area contributed by atoms with Crippen LogP contribution in [0.25, 0.3) is 10.9 Å². The van der Waals surface area contributed by atoms with Crippen LogP contribution >= 0.6 is 0 Å². The van der Waals surface area contributed by atoms with Crippen molar-refractivity contribution >= 4 is 10.9 Å². The third-order valence-corrected chi connectivity index (χ3v) is 1.85. The summed E-state index contributed by atoms with van der Waals surface area (Å²) in [5.74, 6) is -0.304. The second-order valence-corrected chi connectivity index (χ2v) is 2.63. The van der Waals surface area contributed by atoms with Crippen molar-refractivity contribution in [2.45, 2.75) is 6.54 Å². The second kappa shape index (κ2) is 2.87. The predicted molar refractivity (Wildman–Crippen MR) is 45.3 cm³/mol. The summed E-state index contributed by atoms with van der Waals surface area (Å²) in [6, 6.07) is 6.68. The van der Waals surface area contributed by atoms with Crippen molar-refractivity contribution in [1.82, 2.24) is 9.78 Å². The van der Waals surface area contributed by atoms with Crippen LogP contribution in [0.2, 0.25) is 0 Å². The number of benzene rings is 1. The van der Waals surface area contributed by atoms with Crippen molar-refractivity contribution in [1.29, 1.82) is 5.26 Å². The molecule has 64 valence electrons. The third kappa shape index (κ3) is 1.14. The first-order valence-corrected chi connectivity index (χ1v) is 3.80. The monoisotopic (exact) mass is 175 g/mol. The zero-order valence-electron chi connectivity index (χ0n) is 6.74. The van der Waals surface area contributed by atoms with Crippen LogP contribution in [0.4, 0.5) is 4.39 Å². The van der Waals surface area contributed by atoms with E-state index < -0.39 is 0 Å². The Morgan fingerprint density at radius 3 is 3.15 bits per heavy atom. The number of hydrogen-bond acceptors (Lipinski definition) is 2. The molecule has 0 saturated heterocycles. The predicted octanol–water partition coefficient (Wildman–Crippen LogP) is 1.70. The SMILES string of the molecule is N#CCn1ncc2c(F)cccc21. The van der Waals surface area contributed by atoms with Gasteiger partial charge in [0, 0.05) is 0 Å². The summed E-state index contributed by atoms with van der Waals surface area (Å²) < 4.78 is 14.6. The average Bonchev–Trinajstić information content (AvgIpc) is 2.51. The minimum Gasteiger partial charge on any atom is -0.251 e. The average molecular weight is 175 g/mol. The Kier molecular flexibility index (Phi) is 1.71. The summed E-state index contributed by atoms with van der Waals surface area (Å²) in [7, 11) is 0. The molecule has 13 heavy (non-hydrogen) atoms. The summed E-state index contributed by atoms with van der Waals surface area (Å²) in [5.41, 5.74) is 0.654. The summed E-state index contributed by atoms with van der Waals surface area (Å²) in [6.07, 6.45) is 1.43. The van der Waals surface area contributed by atoms with Gasteiger partial charge in [0.1, 0.15) is 12.4 Å². The fraction of sp³-hybridized carbons (Fsp3) is 0.111. The second-order valence-electron chi connectivity index (χ2n) is 2.63. The molecule has 1 aromatic heterocycles. The highest BCUT2D eigenvalue weighted by Gasteiger charge is 2.04. The van der Waals surface area contributed by atoms with Crippen molar-refractivity contribution < 1.29 is 4.39 Å². The highest BCUT2D eigenvalue weighted by molar-refractivity contribution is 5.79. The number of rotatable bonds is 1. The first-order valence-electron chi connectivity index (χ1n) is 3.80. The molecule has 0 amide bonds. The fourth-order valence-electron chi connectivity index (χ4n) is 1.26. The van der Waals surface area contributed by atoms with Crippen LogP contribution < -0.4 is 0 Å². The molecule has 0 bridgehead atoms. The van der Waals surface area contributed by atoms with Crippen molar-refractivity contribution in [3.8, 4) is 6.07 Å². The number of halogens is 1. The summed E-state index contributed by atoms with van der Waals surface area (Å²) >= 11 is 0. The summed E-state index contributed by atoms with van der Waals surface area (Å²) in [4.78, 5) is 0. The van der Waals surface area contributed by atoms with Gasteiger partial charge in [0.05, 0.1) is 23.2 Å². The van der Waals surface area contributed by atoms with E-state index in [1.807, 2.05) is 6.07 Å². The first kappa shape index (κ1) is 7.74. The lowest BCUT2D eigenvalue weighted by molar-refractivity contribution is 0.640. The topological polar surface area (TPSA) is 41.6 Å². The molecule has 0 atom stereocenters. The van der Waals surface area contributed by atoms with Crippen LogP contribution in [-0.4, -0.2) is 9.78 Å². The lowest BCUT2D eigenvalue weighted by Gasteiger charge is -1.95. The molecular weight excluding hydrogens is 169 g/mol. The molecule has 0 aliphatic rings. The maximum atomic E-state index is 13.1. The highest BCUT2D eigenvalue weighted by atomic mass is 19.1. The van der Waals surface area contributed by atoms with Gasteiger partial charge >= 0.3 is 0 Å². The smallest absolute Gasteiger partial charge is 0.134 e. The lowest BCUT2D eigenvalue weighted by atomic mass is 10.2. The highest BCUT2D eigenvalue weighted by Crippen LogP contribution is 2.16. The summed E-state index contributed by atoms with van der Waals surface area (Å²) in [5, 5.41) is 12.8. The van der Waals surface area contributed by atoms with E-state index in [9.17, 15) is 4.39 Å².